The molecule has 3 aromatic carbocycles. The molecule has 4 rings (SSSR count). The number of halogens is 4. The van der Waals surface area contributed by atoms with Crippen LogP contribution in [0.15, 0.2) is 71.1 Å². The van der Waals surface area contributed by atoms with Crippen molar-refractivity contribution in [1.29, 1.82) is 0 Å². The van der Waals surface area contributed by atoms with E-state index in [2.05, 4.69) is 15.5 Å². The first-order valence-electron chi connectivity index (χ1n) is 9.35. The molecule has 0 aliphatic carbocycles. The van der Waals surface area contributed by atoms with Gasteiger partial charge in [-0.05, 0) is 60.2 Å². The maximum absolute atomic E-state index is 6.25. The summed E-state index contributed by atoms with van der Waals surface area (Å²) in [4.78, 5) is 4.51. The molecule has 0 radical (unpaired) electrons. The molecule has 0 spiro atoms. The van der Waals surface area contributed by atoms with Crippen molar-refractivity contribution in [2.24, 2.45) is 5.10 Å². The Kier molecular flexibility index (Phi) is 7.55. The quantitative estimate of drug-likeness (QED) is 0.195. The molecule has 0 saturated heterocycles. The Morgan fingerprint density at radius 1 is 0.906 bits per heavy atom. The van der Waals surface area contributed by atoms with E-state index in [1.165, 1.54) is 11.3 Å². The van der Waals surface area contributed by atoms with Crippen LogP contribution < -0.4 is 10.2 Å². The zero-order valence-electron chi connectivity index (χ0n) is 16.4. The van der Waals surface area contributed by atoms with E-state index < -0.39 is 0 Å². The van der Waals surface area contributed by atoms with E-state index >= 15 is 0 Å². The van der Waals surface area contributed by atoms with Crippen LogP contribution in [0.3, 0.4) is 0 Å². The third-order valence-electron chi connectivity index (χ3n) is 4.37. The lowest BCUT2D eigenvalue weighted by Crippen LogP contribution is -1.96. The summed E-state index contributed by atoms with van der Waals surface area (Å²) in [6, 6.07) is 18.2. The normalized spacial score (nSPS) is 11.1. The van der Waals surface area contributed by atoms with Crippen molar-refractivity contribution in [2.45, 2.75) is 6.61 Å². The van der Waals surface area contributed by atoms with E-state index in [0.717, 1.165) is 28.1 Å². The maximum atomic E-state index is 6.25. The summed E-state index contributed by atoms with van der Waals surface area (Å²) in [5, 5.41) is 9.13. The van der Waals surface area contributed by atoms with Gasteiger partial charge in [-0.15, -0.1) is 11.3 Å². The molecule has 162 valence electrons. The lowest BCUT2D eigenvalue weighted by Gasteiger charge is -2.08. The molecule has 0 saturated carbocycles. The van der Waals surface area contributed by atoms with E-state index in [9.17, 15) is 0 Å². The molecule has 1 heterocycles. The van der Waals surface area contributed by atoms with Crippen molar-refractivity contribution in [3.05, 3.63) is 97.3 Å². The van der Waals surface area contributed by atoms with Crippen molar-refractivity contribution in [3.8, 4) is 17.0 Å². The molecule has 0 fully saturated rings. The van der Waals surface area contributed by atoms with Gasteiger partial charge in [0.1, 0.15) is 12.4 Å². The van der Waals surface area contributed by atoms with Crippen molar-refractivity contribution in [2.75, 3.05) is 5.43 Å². The van der Waals surface area contributed by atoms with Gasteiger partial charge in [0.15, 0.2) is 0 Å². The molecule has 0 atom stereocenters. The Labute approximate surface area is 209 Å². The second kappa shape index (κ2) is 10.6. The van der Waals surface area contributed by atoms with Gasteiger partial charge in [0.2, 0.25) is 5.13 Å². The van der Waals surface area contributed by atoms with Crippen LogP contribution in [-0.4, -0.2) is 11.2 Å². The number of hydrazone groups is 1. The van der Waals surface area contributed by atoms with E-state index in [1.54, 1.807) is 30.5 Å². The van der Waals surface area contributed by atoms with E-state index in [0.29, 0.717) is 31.8 Å². The Bertz CT molecular complexity index is 1260. The summed E-state index contributed by atoms with van der Waals surface area (Å²) >= 11 is 25.7. The summed E-state index contributed by atoms with van der Waals surface area (Å²) in [5.74, 6) is 0.727. The third-order valence-corrected chi connectivity index (χ3v) is 6.26. The topological polar surface area (TPSA) is 46.5 Å². The molecule has 0 aliphatic rings. The second-order valence-electron chi connectivity index (χ2n) is 6.63. The highest BCUT2D eigenvalue weighted by atomic mass is 35.5. The van der Waals surface area contributed by atoms with E-state index in [-0.39, 0.29) is 0 Å². The number of hydrogen-bond acceptors (Lipinski definition) is 5. The minimum atomic E-state index is 0.356. The van der Waals surface area contributed by atoms with E-state index in [4.69, 9.17) is 51.1 Å². The molecule has 9 heteroatoms. The number of ether oxygens (including phenoxy) is 1. The number of hydrogen-bond donors (Lipinski definition) is 1. The predicted octanol–water partition coefficient (Wildman–Crippen LogP) is 8.45. The summed E-state index contributed by atoms with van der Waals surface area (Å²) in [7, 11) is 0. The summed E-state index contributed by atoms with van der Waals surface area (Å²) in [5.41, 5.74) is 6.30. The lowest BCUT2D eigenvalue weighted by atomic mass is 10.2. The number of anilines is 1. The monoisotopic (exact) mass is 521 g/mol. The molecule has 4 nitrogen and oxygen atoms in total. The predicted molar refractivity (Wildman–Crippen MR) is 136 cm³/mol. The van der Waals surface area contributed by atoms with Crippen molar-refractivity contribution >= 4 is 69.1 Å². The average Bonchev–Trinajstić information content (AvgIpc) is 3.22. The minimum absolute atomic E-state index is 0.356. The number of nitrogens with one attached hydrogen (secondary N) is 1. The molecule has 32 heavy (non-hydrogen) atoms. The number of thiazole rings is 1. The van der Waals surface area contributed by atoms with Crippen LogP contribution >= 0.6 is 57.7 Å². The highest BCUT2D eigenvalue weighted by Crippen LogP contribution is 2.32. The first-order chi connectivity index (χ1) is 15.5. The van der Waals surface area contributed by atoms with Gasteiger partial charge in [-0.2, -0.15) is 5.10 Å². The van der Waals surface area contributed by atoms with E-state index in [1.807, 2.05) is 41.8 Å². The smallest absolute Gasteiger partial charge is 0.203 e. The molecule has 0 unspecified atom stereocenters. The van der Waals surface area contributed by atoms with Crippen LogP contribution in [0.25, 0.3) is 11.3 Å². The average molecular weight is 523 g/mol. The Balaban J connectivity index is 1.33. The van der Waals surface area contributed by atoms with Crippen molar-refractivity contribution in [1.82, 2.24) is 4.98 Å². The fourth-order valence-electron chi connectivity index (χ4n) is 2.76. The highest BCUT2D eigenvalue weighted by molar-refractivity contribution is 7.14. The summed E-state index contributed by atoms with van der Waals surface area (Å²) < 4.78 is 5.79. The standard InChI is InChI=1S/C23H15Cl4N3OS/c24-16-4-3-15(20(26)9-16)12-31-18-6-1-14(2-7-18)11-28-30-23-29-22(13-32-23)19-8-5-17(25)10-21(19)27/h1-11,13H,12H2,(H,29,30)/b28-11-. The van der Waals surface area contributed by atoms with Crippen molar-refractivity contribution in [3.63, 3.8) is 0 Å². The zero-order valence-corrected chi connectivity index (χ0v) is 20.2. The molecule has 0 amide bonds. The zero-order chi connectivity index (χ0) is 22.5. The molecule has 0 aliphatic heterocycles. The van der Waals surface area contributed by atoms with Crippen LogP contribution in [0.2, 0.25) is 20.1 Å². The van der Waals surface area contributed by atoms with Crippen LogP contribution in [-0.2, 0) is 6.61 Å². The SMILES string of the molecule is Clc1ccc(COc2ccc(/C=N\Nc3nc(-c4ccc(Cl)cc4Cl)cs3)cc2)c(Cl)c1. The lowest BCUT2D eigenvalue weighted by molar-refractivity contribution is 0.306. The third kappa shape index (κ3) is 5.94. The van der Waals surface area contributed by atoms with Gasteiger partial charge in [-0.3, -0.25) is 5.43 Å². The highest BCUT2D eigenvalue weighted by Gasteiger charge is 2.08. The fourth-order valence-corrected chi connectivity index (χ4v) is 4.39. The summed E-state index contributed by atoms with van der Waals surface area (Å²) in [6.45, 7) is 0.356. The summed E-state index contributed by atoms with van der Waals surface area (Å²) in [6.07, 6.45) is 1.70. The van der Waals surface area contributed by atoms with Gasteiger partial charge in [0, 0.05) is 31.6 Å². The number of nitrogens with zero attached hydrogens (tertiary/aromatic N) is 2. The number of aromatic nitrogens is 1. The van der Waals surface area contributed by atoms with Crippen molar-refractivity contribution < 1.29 is 4.74 Å². The van der Waals surface area contributed by atoms with Crippen LogP contribution in [0.1, 0.15) is 11.1 Å². The molecule has 1 N–H and O–H groups in total. The van der Waals surface area contributed by atoms with Gasteiger partial charge in [0.05, 0.1) is 16.9 Å². The van der Waals surface area contributed by atoms with Gasteiger partial charge in [-0.1, -0.05) is 52.5 Å². The Hall–Kier alpha value is -2.28. The number of rotatable bonds is 7. The van der Waals surface area contributed by atoms with Gasteiger partial charge < -0.3 is 4.74 Å². The van der Waals surface area contributed by atoms with Gasteiger partial charge in [-0.25, -0.2) is 4.98 Å². The van der Waals surface area contributed by atoms with Crippen LogP contribution in [0, 0.1) is 0 Å². The Morgan fingerprint density at radius 3 is 2.34 bits per heavy atom. The van der Waals surface area contributed by atoms with Crippen LogP contribution in [0.5, 0.6) is 5.75 Å². The molecular formula is C23H15Cl4N3OS. The van der Waals surface area contributed by atoms with Gasteiger partial charge in [0.25, 0.3) is 0 Å². The fraction of sp³-hybridized carbons (Fsp3) is 0.0435. The molecule has 0 bridgehead atoms. The number of benzene rings is 3. The molecular weight excluding hydrogens is 508 g/mol. The molecule has 1 aromatic heterocycles. The Morgan fingerprint density at radius 2 is 1.62 bits per heavy atom. The first kappa shape index (κ1) is 22.9. The maximum Gasteiger partial charge on any atom is 0.203 e. The first-order valence-corrected chi connectivity index (χ1v) is 11.7. The second-order valence-corrected chi connectivity index (χ2v) is 9.17. The molecule has 4 aromatic rings. The van der Waals surface area contributed by atoms with Gasteiger partial charge >= 0.3 is 0 Å². The largest absolute Gasteiger partial charge is 0.489 e. The minimum Gasteiger partial charge on any atom is -0.489 e. The van der Waals surface area contributed by atoms with Crippen LogP contribution in [0.4, 0.5) is 5.13 Å².